The topological polar surface area (TPSA) is 78.8 Å². The fourth-order valence-electron chi connectivity index (χ4n) is 2.53. The maximum atomic E-state index is 8.58. The molecule has 0 amide bonds. The first-order chi connectivity index (χ1) is 11.9. The Balaban J connectivity index is 2.17. The van der Waals surface area contributed by atoms with E-state index in [0.29, 0.717) is 6.42 Å². The number of hydrogen-bond acceptors (Lipinski definition) is 5. The third-order valence-corrected chi connectivity index (χ3v) is 3.52. The van der Waals surface area contributed by atoms with Crippen molar-refractivity contribution in [2.24, 2.45) is 5.41 Å². The van der Waals surface area contributed by atoms with Crippen LogP contribution < -0.4 is 10.6 Å². The van der Waals surface area contributed by atoms with E-state index in [2.05, 4.69) is 66.0 Å². The number of nitrogens with zero attached hydrogens (tertiary/aromatic N) is 4. The summed E-state index contributed by atoms with van der Waals surface area (Å²) in [5.41, 5.74) is 8.16. The lowest BCUT2D eigenvalue weighted by Gasteiger charge is -2.31. The van der Waals surface area contributed by atoms with Crippen molar-refractivity contribution in [3.05, 3.63) is 53.7 Å². The minimum Gasteiger partial charge on any atom is -0.368 e. The van der Waals surface area contributed by atoms with Gasteiger partial charge in [-0.25, -0.2) is 4.98 Å². The maximum absolute atomic E-state index is 8.58. The van der Waals surface area contributed by atoms with Crippen LogP contribution in [0.25, 0.3) is 6.08 Å². The van der Waals surface area contributed by atoms with Gasteiger partial charge in [0.15, 0.2) is 0 Å². The van der Waals surface area contributed by atoms with Crippen molar-refractivity contribution in [3.8, 4) is 6.07 Å². The van der Waals surface area contributed by atoms with Gasteiger partial charge < -0.3 is 10.6 Å². The molecule has 1 aromatic carbocycles. The lowest BCUT2D eigenvalue weighted by atomic mass is 9.95. The number of hydrogen-bond donors (Lipinski definition) is 1. The highest BCUT2D eigenvalue weighted by Crippen LogP contribution is 2.22. The summed E-state index contributed by atoms with van der Waals surface area (Å²) in [5.74, 6) is 1.12. The number of benzene rings is 1. The van der Waals surface area contributed by atoms with E-state index in [4.69, 9.17) is 11.0 Å². The molecule has 0 saturated heterocycles. The predicted octanol–water partition coefficient (Wildman–Crippen LogP) is 4.04. The number of anilines is 2. The molecule has 0 aliphatic carbocycles. The van der Waals surface area contributed by atoms with Crippen LogP contribution in [-0.2, 0) is 6.54 Å². The number of nitriles is 1. The number of nitrogens with two attached hydrogens (primary N) is 1. The third kappa shape index (κ3) is 6.27. The second kappa shape index (κ2) is 8.29. The molecular formula is C20H25N5. The van der Waals surface area contributed by atoms with Crippen molar-refractivity contribution >= 4 is 17.8 Å². The molecule has 5 nitrogen and oxygen atoms in total. The molecule has 0 spiro atoms. The molecule has 0 bridgehead atoms. The van der Waals surface area contributed by atoms with Gasteiger partial charge in [0.25, 0.3) is 0 Å². The summed E-state index contributed by atoms with van der Waals surface area (Å²) in [6.07, 6.45) is 5.95. The van der Waals surface area contributed by atoms with E-state index in [1.807, 2.05) is 18.2 Å². The molecule has 1 aromatic heterocycles. The molecule has 0 unspecified atom stereocenters. The highest BCUT2D eigenvalue weighted by atomic mass is 15.2. The lowest BCUT2D eigenvalue weighted by Crippen LogP contribution is -2.33. The highest BCUT2D eigenvalue weighted by molar-refractivity contribution is 5.50. The van der Waals surface area contributed by atoms with Gasteiger partial charge in [-0.15, -0.1) is 0 Å². The zero-order valence-electron chi connectivity index (χ0n) is 15.1. The van der Waals surface area contributed by atoms with E-state index in [1.54, 1.807) is 6.20 Å². The number of nitrogen functional groups attached to an aromatic ring is 1. The Morgan fingerprint density at radius 1 is 1.20 bits per heavy atom. The van der Waals surface area contributed by atoms with Gasteiger partial charge in [0.2, 0.25) is 5.95 Å². The van der Waals surface area contributed by atoms with Crippen LogP contribution in [0.2, 0.25) is 0 Å². The average molecular weight is 335 g/mol. The predicted molar refractivity (Wildman–Crippen MR) is 103 cm³/mol. The second-order valence-electron chi connectivity index (χ2n) is 7.20. The molecule has 2 rings (SSSR count). The number of allylic oxidation sites excluding steroid dienone is 1. The Morgan fingerprint density at radius 3 is 2.52 bits per heavy atom. The number of rotatable bonds is 6. The standard InChI is InChI=1S/C20H25N5/c1-20(2,3)15-25(18-11-13-23-19(22)24-18)14-17-9-7-16(8-10-17)6-4-5-12-21/h4,6-11,13H,5,14-15H2,1-3H3,(H2,22,23,24)/b6-4+. The summed E-state index contributed by atoms with van der Waals surface area (Å²) in [6.45, 7) is 8.21. The minimum absolute atomic E-state index is 0.125. The van der Waals surface area contributed by atoms with Crippen LogP contribution in [-0.4, -0.2) is 16.5 Å². The van der Waals surface area contributed by atoms with Crippen LogP contribution in [0.3, 0.4) is 0 Å². The molecule has 0 atom stereocenters. The zero-order chi connectivity index (χ0) is 18.3. The van der Waals surface area contributed by atoms with Gasteiger partial charge >= 0.3 is 0 Å². The molecule has 25 heavy (non-hydrogen) atoms. The first-order valence-electron chi connectivity index (χ1n) is 8.33. The van der Waals surface area contributed by atoms with Crippen molar-refractivity contribution in [1.82, 2.24) is 9.97 Å². The average Bonchev–Trinajstić information content (AvgIpc) is 2.55. The van der Waals surface area contributed by atoms with Crippen molar-refractivity contribution in [3.63, 3.8) is 0 Å². The van der Waals surface area contributed by atoms with Crippen LogP contribution in [0.5, 0.6) is 0 Å². The Morgan fingerprint density at radius 2 is 1.92 bits per heavy atom. The van der Waals surface area contributed by atoms with Gasteiger partial charge in [0.1, 0.15) is 5.82 Å². The Hall–Kier alpha value is -2.87. The normalized spacial score (nSPS) is 11.4. The fraction of sp³-hybridized carbons (Fsp3) is 0.350. The number of aromatic nitrogens is 2. The van der Waals surface area contributed by atoms with Crippen molar-refractivity contribution in [2.45, 2.75) is 33.7 Å². The third-order valence-electron chi connectivity index (χ3n) is 3.52. The van der Waals surface area contributed by atoms with Crippen LogP contribution in [0.4, 0.5) is 11.8 Å². The molecular weight excluding hydrogens is 310 g/mol. The zero-order valence-corrected chi connectivity index (χ0v) is 15.1. The molecule has 0 aliphatic rings. The van der Waals surface area contributed by atoms with E-state index in [0.717, 1.165) is 24.5 Å². The summed E-state index contributed by atoms with van der Waals surface area (Å²) < 4.78 is 0. The SMILES string of the molecule is CC(C)(C)CN(Cc1ccc(/C=C/CC#N)cc1)c1ccnc(N)n1. The second-order valence-corrected chi connectivity index (χ2v) is 7.20. The van der Waals surface area contributed by atoms with Crippen LogP contribution >= 0.6 is 0 Å². The van der Waals surface area contributed by atoms with Crippen molar-refractivity contribution in [2.75, 3.05) is 17.2 Å². The molecule has 0 radical (unpaired) electrons. The van der Waals surface area contributed by atoms with Crippen molar-refractivity contribution < 1.29 is 0 Å². The van der Waals surface area contributed by atoms with E-state index < -0.39 is 0 Å². The molecule has 0 saturated carbocycles. The monoisotopic (exact) mass is 335 g/mol. The smallest absolute Gasteiger partial charge is 0.221 e. The molecule has 0 aliphatic heterocycles. The van der Waals surface area contributed by atoms with Gasteiger partial charge in [0.05, 0.1) is 12.5 Å². The van der Waals surface area contributed by atoms with Crippen LogP contribution in [0, 0.1) is 16.7 Å². The maximum Gasteiger partial charge on any atom is 0.221 e. The Bertz CT molecular complexity index is 751. The van der Waals surface area contributed by atoms with Gasteiger partial charge in [-0.3, -0.25) is 0 Å². The minimum atomic E-state index is 0.125. The Kier molecular flexibility index (Phi) is 6.13. The van der Waals surface area contributed by atoms with E-state index >= 15 is 0 Å². The quantitative estimate of drug-likeness (QED) is 0.862. The summed E-state index contributed by atoms with van der Waals surface area (Å²) in [7, 11) is 0. The van der Waals surface area contributed by atoms with Gasteiger partial charge in [0, 0.05) is 19.3 Å². The fourth-order valence-corrected chi connectivity index (χ4v) is 2.53. The van der Waals surface area contributed by atoms with Crippen LogP contribution in [0.1, 0.15) is 38.3 Å². The molecule has 5 heteroatoms. The van der Waals surface area contributed by atoms with E-state index in [1.165, 1.54) is 5.56 Å². The largest absolute Gasteiger partial charge is 0.368 e. The summed E-state index contributed by atoms with van der Waals surface area (Å²) in [6, 6.07) is 12.3. The van der Waals surface area contributed by atoms with E-state index in [-0.39, 0.29) is 11.4 Å². The molecule has 2 N–H and O–H groups in total. The molecule has 1 heterocycles. The summed E-state index contributed by atoms with van der Waals surface area (Å²) in [4.78, 5) is 10.6. The van der Waals surface area contributed by atoms with Gasteiger partial charge in [-0.05, 0) is 22.6 Å². The molecule has 130 valence electrons. The highest BCUT2D eigenvalue weighted by Gasteiger charge is 2.18. The molecule has 2 aromatic rings. The van der Waals surface area contributed by atoms with Gasteiger partial charge in [-0.2, -0.15) is 10.2 Å². The molecule has 0 fully saturated rings. The Labute approximate surface area is 149 Å². The summed E-state index contributed by atoms with van der Waals surface area (Å²) in [5, 5.41) is 8.58. The van der Waals surface area contributed by atoms with Gasteiger partial charge in [-0.1, -0.05) is 57.2 Å². The van der Waals surface area contributed by atoms with E-state index in [9.17, 15) is 0 Å². The first-order valence-corrected chi connectivity index (χ1v) is 8.33. The van der Waals surface area contributed by atoms with Crippen LogP contribution in [0.15, 0.2) is 42.6 Å². The summed E-state index contributed by atoms with van der Waals surface area (Å²) >= 11 is 0. The first kappa shape index (κ1) is 18.5. The lowest BCUT2D eigenvalue weighted by molar-refractivity contribution is 0.407. The van der Waals surface area contributed by atoms with Crippen molar-refractivity contribution in [1.29, 1.82) is 5.26 Å².